The van der Waals surface area contributed by atoms with Gasteiger partial charge >= 0.3 is 0 Å². The summed E-state index contributed by atoms with van der Waals surface area (Å²) in [6, 6.07) is 11.7. The fourth-order valence-corrected chi connectivity index (χ4v) is 2.41. The molecule has 2 rings (SSSR count). The van der Waals surface area contributed by atoms with E-state index in [2.05, 4.69) is 5.32 Å². The second kappa shape index (κ2) is 6.77. The first-order chi connectivity index (χ1) is 9.61. The lowest BCUT2D eigenvalue weighted by molar-refractivity contribution is 0.102. The number of nitrogens with one attached hydrogen (secondary N) is 1. The molecule has 0 fully saturated rings. The zero-order chi connectivity index (χ0) is 14.5. The summed E-state index contributed by atoms with van der Waals surface area (Å²) in [4.78, 5) is 12.0. The molecule has 0 atom stereocenters. The van der Waals surface area contributed by atoms with Crippen molar-refractivity contribution in [3.05, 3.63) is 64.4 Å². The molecule has 0 aliphatic carbocycles. The third kappa shape index (κ3) is 3.52. The molecule has 0 unspecified atom stereocenters. The molecule has 0 aromatic heterocycles. The van der Waals surface area contributed by atoms with Crippen LogP contribution in [0.5, 0.6) is 0 Å². The maximum Gasteiger partial charge on any atom is 0.255 e. The molecule has 0 bridgehead atoms. The highest BCUT2D eigenvalue weighted by Crippen LogP contribution is 2.22. The molecule has 104 valence electrons. The van der Waals surface area contributed by atoms with Crippen LogP contribution in [0.1, 0.15) is 15.9 Å². The minimum absolute atomic E-state index is 0.0156. The molecule has 0 radical (unpaired) electrons. The van der Waals surface area contributed by atoms with E-state index >= 15 is 0 Å². The van der Waals surface area contributed by atoms with E-state index in [1.807, 2.05) is 18.4 Å². The zero-order valence-corrected chi connectivity index (χ0v) is 12.4. The summed E-state index contributed by atoms with van der Waals surface area (Å²) in [5.74, 6) is -0.0893. The average molecular weight is 310 g/mol. The van der Waals surface area contributed by atoms with Gasteiger partial charge in [0.1, 0.15) is 0 Å². The van der Waals surface area contributed by atoms with Gasteiger partial charge in [-0.05, 0) is 36.1 Å². The Morgan fingerprint density at radius 2 is 1.95 bits per heavy atom. The van der Waals surface area contributed by atoms with Crippen LogP contribution in [0, 0.1) is 5.82 Å². The maximum atomic E-state index is 13.7. The Morgan fingerprint density at radius 3 is 2.60 bits per heavy atom. The van der Waals surface area contributed by atoms with Gasteiger partial charge in [0, 0.05) is 11.3 Å². The molecule has 2 aromatic rings. The summed E-state index contributed by atoms with van der Waals surface area (Å²) in [6.07, 6.45) is 2.02. The van der Waals surface area contributed by atoms with Crippen molar-refractivity contribution in [2.45, 2.75) is 5.75 Å². The largest absolute Gasteiger partial charge is 0.319 e. The number of hydrogen-bond donors (Lipinski definition) is 1. The highest BCUT2D eigenvalue weighted by atomic mass is 35.5. The molecule has 20 heavy (non-hydrogen) atoms. The van der Waals surface area contributed by atoms with Crippen LogP contribution in [0.25, 0.3) is 0 Å². The van der Waals surface area contributed by atoms with Gasteiger partial charge in [-0.15, -0.1) is 0 Å². The summed E-state index contributed by atoms with van der Waals surface area (Å²) in [6.45, 7) is 0. The first kappa shape index (κ1) is 14.9. The number of hydrogen-bond acceptors (Lipinski definition) is 2. The molecule has 2 nitrogen and oxygen atoms in total. The van der Waals surface area contributed by atoms with E-state index in [0.717, 1.165) is 11.3 Å². The molecule has 1 amide bonds. The molecule has 0 aliphatic heterocycles. The second-order valence-corrected chi connectivity index (χ2v) is 5.46. The van der Waals surface area contributed by atoms with Crippen LogP contribution in [-0.4, -0.2) is 12.2 Å². The van der Waals surface area contributed by atoms with Crippen LogP contribution in [-0.2, 0) is 5.75 Å². The summed E-state index contributed by atoms with van der Waals surface area (Å²) in [5.41, 5.74) is 1.70. The van der Waals surface area contributed by atoms with E-state index in [1.165, 1.54) is 12.1 Å². The summed E-state index contributed by atoms with van der Waals surface area (Å²) >= 11 is 7.38. The van der Waals surface area contributed by atoms with Crippen molar-refractivity contribution in [3.63, 3.8) is 0 Å². The number of halogens is 2. The van der Waals surface area contributed by atoms with Gasteiger partial charge in [0.15, 0.2) is 5.82 Å². The van der Waals surface area contributed by atoms with Crippen LogP contribution in [0.3, 0.4) is 0 Å². The summed E-state index contributed by atoms with van der Waals surface area (Å²) in [5, 5.41) is 2.50. The topological polar surface area (TPSA) is 29.1 Å². The number of thioether (sulfide) groups is 1. The number of carbonyl (C=O) groups excluding carboxylic acids is 1. The Bertz CT molecular complexity index is 616. The van der Waals surface area contributed by atoms with Crippen LogP contribution in [0.4, 0.5) is 10.1 Å². The Labute approximate surface area is 126 Å². The predicted octanol–water partition coefficient (Wildman–Crippen LogP) is 4.59. The SMILES string of the molecule is CSCc1ccc(C(=O)Nc2cccc(Cl)c2F)cc1. The van der Waals surface area contributed by atoms with Gasteiger partial charge in [0.25, 0.3) is 5.91 Å². The van der Waals surface area contributed by atoms with Crippen molar-refractivity contribution < 1.29 is 9.18 Å². The number of carbonyl (C=O) groups is 1. The quantitative estimate of drug-likeness (QED) is 0.894. The third-order valence-corrected chi connectivity index (χ3v) is 3.64. The first-order valence-electron chi connectivity index (χ1n) is 5.95. The smallest absolute Gasteiger partial charge is 0.255 e. The van der Waals surface area contributed by atoms with E-state index in [1.54, 1.807) is 30.0 Å². The zero-order valence-electron chi connectivity index (χ0n) is 10.8. The molecular weight excluding hydrogens is 297 g/mol. The van der Waals surface area contributed by atoms with Crippen molar-refractivity contribution in [1.29, 1.82) is 0 Å². The lowest BCUT2D eigenvalue weighted by Crippen LogP contribution is -2.13. The fraction of sp³-hybridized carbons (Fsp3) is 0.133. The Balaban J connectivity index is 2.13. The van der Waals surface area contributed by atoms with Gasteiger partial charge in [-0.2, -0.15) is 11.8 Å². The standard InChI is InChI=1S/C15H13ClFNOS/c1-20-9-10-5-7-11(8-6-10)15(19)18-13-4-2-3-12(16)14(13)17/h2-8H,9H2,1H3,(H,18,19). The minimum atomic E-state index is -0.624. The fourth-order valence-electron chi connectivity index (χ4n) is 1.71. The molecule has 5 heteroatoms. The Kier molecular flexibility index (Phi) is 5.04. The highest BCUT2D eigenvalue weighted by molar-refractivity contribution is 7.97. The van der Waals surface area contributed by atoms with Gasteiger partial charge in [-0.25, -0.2) is 4.39 Å². The van der Waals surface area contributed by atoms with Gasteiger partial charge in [-0.3, -0.25) is 4.79 Å². The molecule has 1 N–H and O–H groups in total. The van der Waals surface area contributed by atoms with E-state index in [-0.39, 0.29) is 16.6 Å². The number of benzene rings is 2. The van der Waals surface area contributed by atoms with Crippen LogP contribution in [0.2, 0.25) is 5.02 Å². The van der Waals surface area contributed by atoms with Crippen molar-refractivity contribution in [2.24, 2.45) is 0 Å². The highest BCUT2D eigenvalue weighted by Gasteiger charge is 2.11. The molecule has 0 spiro atoms. The van der Waals surface area contributed by atoms with Crippen molar-refractivity contribution in [1.82, 2.24) is 0 Å². The molecular formula is C15H13ClFNOS. The second-order valence-electron chi connectivity index (χ2n) is 4.19. The van der Waals surface area contributed by atoms with Crippen LogP contribution in [0.15, 0.2) is 42.5 Å². The monoisotopic (exact) mass is 309 g/mol. The van der Waals surface area contributed by atoms with E-state index < -0.39 is 5.82 Å². The summed E-state index contributed by atoms with van der Waals surface area (Å²) in [7, 11) is 0. The van der Waals surface area contributed by atoms with Gasteiger partial charge in [0.05, 0.1) is 10.7 Å². The van der Waals surface area contributed by atoms with Gasteiger partial charge in [-0.1, -0.05) is 29.8 Å². The normalized spacial score (nSPS) is 10.3. The van der Waals surface area contributed by atoms with E-state index in [0.29, 0.717) is 5.56 Å². The van der Waals surface area contributed by atoms with Crippen molar-refractivity contribution in [2.75, 3.05) is 11.6 Å². The lowest BCUT2D eigenvalue weighted by atomic mass is 10.1. The van der Waals surface area contributed by atoms with Crippen LogP contribution < -0.4 is 5.32 Å². The average Bonchev–Trinajstić information content (AvgIpc) is 2.45. The minimum Gasteiger partial charge on any atom is -0.319 e. The summed E-state index contributed by atoms with van der Waals surface area (Å²) < 4.78 is 13.7. The molecule has 2 aromatic carbocycles. The number of amides is 1. The molecule has 0 heterocycles. The number of anilines is 1. The van der Waals surface area contributed by atoms with Gasteiger partial charge < -0.3 is 5.32 Å². The third-order valence-electron chi connectivity index (χ3n) is 2.73. The first-order valence-corrected chi connectivity index (χ1v) is 7.72. The van der Waals surface area contributed by atoms with E-state index in [9.17, 15) is 9.18 Å². The predicted molar refractivity (Wildman–Crippen MR) is 83.0 cm³/mol. The molecule has 0 saturated heterocycles. The van der Waals surface area contributed by atoms with Gasteiger partial charge in [0.2, 0.25) is 0 Å². The number of rotatable bonds is 4. The maximum absolute atomic E-state index is 13.7. The van der Waals surface area contributed by atoms with Crippen molar-refractivity contribution in [3.8, 4) is 0 Å². The lowest BCUT2D eigenvalue weighted by Gasteiger charge is -2.07. The molecule has 0 aliphatic rings. The van der Waals surface area contributed by atoms with Crippen molar-refractivity contribution >= 4 is 35.0 Å². The Morgan fingerprint density at radius 1 is 1.25 bits per heavy atom. The van der Waals surface area contributed by atoms with Crippen LogP contribution >= 0.6 is 23.4 Å². The van der Waals surface area contributed by atoms with E-state index in [4.69, 9.17) is 11.6 Å². The Hall–Kier alpha value is -1.52. The molecule has 0 saturated carbocycles.